The molecule has 0 fully saturated rings. The summed E-state index contributed by atoms with van der Waals surface area (Å²) < 4.78 is 0. The first-order valence-electron chi connectivity index (χ1n) is 13.4. The van der Waals surface area contributed by atoms with Crippen LogP contribution in [0.5, 0.6) is 0 Å². The van der Waals surface area contributed by atoms with E-state index in [4.69, 9.17) is 0 Å². The molecule has 1 aliphatic heterocycles. The highest BCUT2D eigenvalue weighted by Crippen LogP contribution is 2.20. The van der Waals surface area contributed by atoms with E-state index in [0.29, 0.717) is 0 Å². The zero-order valence-corrected chi connectivity index (χ0v) is 23.1. The number of hydrogen-bond acceptors (Lipinski definition) is 2. The second-order valence-electron chi connectivity index (χ2n) is 8.18. The van der Waals surface area contributed by atoms with Crippen LogP contribution in [0.4, 0.5) is 0 Å². The van der Waals surface area contributed by atoms with Crippen molar-refractivity contribution in [1.82, 2.24) is 4.90 Å². The lowest BCUT2D eigenvalue weighted by atomic mass is 10.0. The highest BCUT2D eigenvalue weighted by molar-refractivity contribution is 5.59. The van der Waals surface area contributed by atoms with E-state index in [9.17, 15) is 0 Å². The number of nitrogens with two attached hydrogens (primary N) is 1. The van der Waals surface area contributed by atoms with Crippen molar-refractivity contribution in [1.29, 1.82) is 0 Å². The van der Waals surface area contributed by atoms with E-state index in [-0.39, 0.29) is 0 Å². The molecule has 3 aromatic rings. The number of nitrogens with zero attached hydrogens (tertiary/aromatic N) is 1. The Kier molecular flexibility index (Phi) is 16.1. The van der Waals surface area contributed by atoms with Gasteiger partial charge < -0.3 is 10.6 Å². The van der Waals surface area contributed by atoms with E-state index >= 15 is 0 Å². The average Bonchev–Trinajstić information content (AvgIpc) is 3.62. The van der Waals surface area contributed by atoms with Gasteiger partial charge in [0.25, 0.3) is 0 Å². The van der Waals surface area contributed by atoms with E-state index < -0.39 is 0 Å². The third-order valence-corrected chi connectivity index (χ3v) is 6.02. The first-order chi connectivity index (χ1) is 17.3. The van der Waals surface area contributed by atoms with Crippen LogP contribution in [0.15, 0.2) is 78.9 Å². The van der Waals surface area contributed by atoms with E-state index in [1.807, 2.05) is 27.7 Å². The fourth-order valence-corrected chi connectivity index (χ4v) is 4.35. The highest BCUT2D eigenvalue weighted by atomic mass is 15.1. The molecule has 0 radical (unpaired) electrons. The third kappa shape index (κ3) is 10.2. The molecule has 0 bridgehead atoms. The normalized spacial score (nSPS) is 13.7. The van der Waals surface area contributed by atoms with Crippen molar-refractivity contribution in [2.75, 3.05) is 20.6 Å². The van der Waals surface area contributed by atoms with Crippen LogP contribution >= 0.6 is 0 Å². The molecular formula is C33H48N2. The Labute approximate surface area is 215 Å². The lowest BCUT2D eigenvalue weighted by Crippen LogP contribution is -2.26. The SMILES string of the molecule is C1=Cc2ccccc2C1.CC.CC.CN.CN1CCc2ccccc2C1.c1ccc2c(c1)CCC2. The maximum atomic E-state index is 4.50. The molecule has 0 aromatic heterocycles. The van der Waals surface area contributed by atoms with Crippen molar-refractivity contribution in [2.45, 2.75) is 66.3 Å². The quantitative estimate of drug-likeness (QED) is 0.363. The Morgan fingerprint density at radius 2 is 1.06 bits per heavy atom. The van der Waals surface area contributed by atoms with Gasteiger partial charge in [-0.05, 0) is 79.6 Å². The molecule has 0 saturated heterocycles. The number of fused-ring (bicyclic) bond motifs is 3. The Balaban J connectivity index is 0.000000238. The topological polar surface area (TPSA) is 29.3 Å². The van der Waals surface area contributed by atoms with Crippen LogP contribution in [0, 0.1) is 0 Å². The first kappa shape index (κ1) is 30.4. The molecule has 3 aromatic carbocycles. The maximum Gasteiger partial charge on any atom is 0.0233 e. The number of benzene rings is 3. The Bertz CT molecular complexity index is 943. The largest absolute Gasteiger partial charge is 0.333 e. The molecule has 6 rings (SSSR count). The van der Waals surface area contributed by atoms with Gasteiger partial charge in [0.15, 0.2) is 0 Å². The number of hydrogen-bond donors (Lipinski definition) is 1. The second kappa shape index (κ2) is 18.6. The first-order valence-corrected chi connectivity index (χ1v) is 13.4. The lowest BCUT2D eigenvalue weighted by molar-refractivity contribution is 0.313. The molecule has 1 heterocycles. The summed E-state index contributed by atoms with van der Waals surface area (Å²) in [5.41, 5.74) is 13.5. The van der Waals surface area contributed by atoms with Crippen molar-refractivity contribution >= 4 is 6.08 Å². The second-order valence-corrected chi connectivity index (χ2v) is 8.18. The average molecular weight is 473 g/mol. The molecule has 2 heteroatoms. The van der Waals surface area contributed by atoms with Gasteiger partial charge in [0.1, 0.15) is 0 Å². The summed E-state index contributed by atoms with van der Waals surface area (Å²) in [5.74, 6) is 0. The van der Waals surface area contributed by atoms with Gasteiger partial charge in [-0.1, -0.05) is 113 Å². The summed E-state index contributed by atoms with van der Waals surface area (Å²) in [4.78, 5) is 2.36. The summed E-state index contributed by atoms with van der Waals surface area (Å²) in [7, 11) is 3.68. The zero-order chi connectivity index (χ0) is 25.9. The molecule has 2 nitrogen and oxygen atoms in total. The monoisotopic (exact) mass is 472 g/mol. The molecule has 35 heavy (non-hydrogen) atoms. The molecule has 0 unspecified atom stereocenters. The minimum atomic E-state index is 1.12. The fourth-order valence-electron chi connectivity index (χ4n) is 4.35. The third-order valence-electron chi connectivity index (χ3n) is 6.02. The number of rotatable bonds is 0. The summed E-state index contributed by atoms with van der Waals surface area (Å²) in [6, 6.07) is 25.9. The maximum absolute atomic E-state index is 4.50. The van der Waals surface area contributed by atoms with Gasteiger partial charge in [-0.25, -0.2) is 0 Å². The molecule has 2 aliphatic carbocycles. The fraction of sp³-hybridized carbons (Fsp3) is 0.394. The summed E-state index contributed by atoms with van der Waals surface area (Å²) >= 11 is 0. The van der Waals surface area contributed by atoms with Crippen LogP contribution < -0.4 is 5.73 Å². The molecule has 190 valence electrons. The molecule has 3 aliphatic rings. The van der Waals surface area contributed by atoms with E-state index in [1.54, 1.807) is 11.1 Å². The van der Waals surface area contributed by atoms with Crippen molar-refractivity contribution in [3.63, 3.8) is 0 Å². The molecule has 2 N–H and O–H groups in total. The molecule has 0 saturated carbocycles. The van der Waals surface area contributed by atoms with Gasteiger partial charge in [0, 0.05) is 13.1 Å². The van der Waals surface area contributed by atoms with Crippen LogP contribution in [0.1, 0.15) is 67.5 Å². The number of allylic oxidation sites excluding steroid dienone is 1. The zero-order valence-electron chi connectivity index (χ0n) is 23.1. The van der Waals surface area contributed by atoms with Gasteiger partial charge >= 0.3 is 0 Å². The van der Waals surface area contributed by atoms with Crippen molar-refractivity contribution < 1.29 is 0 Å². The smallest absolute Gasteiger partial charge is 0.0233 e. The Morgan fingerprint density at radius 3 is 1.60 bits per heavy atom. The Hall–Kier alpha value is -2.68. The van der Waals surface area contributed by atoms with Crippen LogP contribution in [0.2, 0.25) is 0 Å². The van der Waals surface area contributed by atoms with Gasteiger partial charge in [-0.2, -0.15) is 0 Å². The van der Waals surface area contributed by atoms with E-state index in [2.05, 4.69) is 103 Å². The number of aryl methyl sites for hydroxylation is 2. The van der Waals surface area contributed by atoms with Crippen LogP contribution in [0.25, 0.3) is 6.08 Å². The molecule has 0 amide bonds. The minimum absolute atomic E-state index is 1.12. The van der Waals surface area contributed by atoms with Crippen LogP contribution in [-0.2, 0) is 32.2 Å². The van der Waals surface area contributed by atoms with Crippen molar-refractivity contribution in [3.8, 4) is 0 Å². The van der Waals surface area contributed by atoms with Gasteiger partial charge in [-0.15, -0.1) is 0 Å². The predicted molar refractivity (Wildman–Crippen MR) is 157 cm³/mol. The predicted octanol–water partition coefficient (Wildman–Crippen LogP) is 7.73. The van der Waals surface area contributed by atoms with E-state index in [1.165, 1.54) is 61.5 Å². The molecule has 0 atom stereocenters. The molecule has 0 spiro atoms. The van der Waals surface area contributed by atoms with Gasteiger partial charge in [-0.3, -0.25) is 0 Å². The summed E-state index contributed by atoms with van der Waals surface area (Å²) in [5, 5.41) is 0. The Morgan fingerprint density at radius 1 is 0.600 bits per heavy atom. The van der Waals surface area contributed by atoms with Crippen molar-refractivity contribution in [3.05, 3.63) is 112 Å². The highest BCUT2D eigenvalue weighted by Gasteiger charge is 2.10. The minimum Gasteiger partial charge on any atom is -0.333 e. The number of likely N-dealkylation sites (N-methyl/N-ethyl adjacent to an activating group) is 1. The van der Waals surface area contributed by atoms with Crippen LogP contribution in [-0.4, -0.2) is 25.5 Å². The summed E-state index contributed by atoms with van der Waals surface area (Å²) in [6.45, 7) is 10.3. The van der Waals surface area contributed by atoms with Crippen LogP contribution in [0.3, 0.4) is 0 Å². The van der Waals surface area contributed by atoms with Gasteiger partial charge in [0.2, 0.25) is 0 Å². The van der Waals surface area contributed by atoms with Gasteiger partial charge in [0.05, 0.1) is 0 Å². The summed E-state index contributed by atoms with van der Waals surface area (Å²) in [6.07, 6.45) is 10.7. The van der Waals surface area contributed by atoms with E-state index in [0.717, 1.165) is 13.0 Å². The lowest BCUT2D eigenvalue weighted by Gasteiger charge is -2.24. The standard InChI is InChI=1S/C10H13N.C9H10.C9H8.2C2H6.CH5N/c1-11-7-6-9-4-2-3-5-10(9)8-11;2*1-2-5-9-7-3-6-8(9)4-1;3*1-2/h2-5H,6-8H2,1H3;1-2,4-5H,3,6-7H2;1-6H,7H2;2*1-2H3;2H2,1H3. The molecular weight excluding hydrogens is 424 g/mol. The van der Waals surface area contributed by atoms with Crippen molar-refractivity contribution in [2.24, 2.45) is 5.73 Å².